The van der Waals surface area contributed by atoms with Crippen molar-refractivity contribution in [1.29, 1.82) is 0 Å². The van der Waals surface area contributed by atoms with Gasteiger partial charge in [0.25, 0.3) is 0 Å². The summed E-state index contributed by atoms with van der Waals surface area (Å²) in [4.78, 5) is 0. The number of ether oxygens (including phenoxy) is 2. The maximum absolute atomic E-state index is 9.42. The van der Waals surface area contributed by atoms with Crippen molar-refractivity contribution in [2.24, 2.45) is 0 Å². The minimum atomic E-state index is -0.489. The van der Waals surface area contributed by atoms with E-state index in [1.54, 1.807) is 27.2 Å². The van der Waals surface area contributed by atoms with Crippen LogP contribution in [-0.2, 0) is 6.42 Å². The first-order valence-corrected chi connectivity index (χ1v) is 5.95. The molecule has 1 rings (SSSR count). The van der Waals surface area contributed by atoms with Crippen molar-refractivity contribution >= 4 is 27.5 Å². The fraction of sp³-hybridized carbons (Fsp3) is 0.455. The second-order valence-corrected chi connectivity index (χ2v) is 4.70. The van der Waals surface area contributed by atoms with Crippen molar-refractivity contribution in [3.8, 4) is 11.5 Å². The standard InChI is InChI=1S/C11H14BrClO3/c1-6(14)4-7-9(13)5-8(12)11(16-3)10(7)15-2/h5-6,14H,4H2,1-3H3. The van der Waals surface area contributed by atoms with Crippen LogP contribution in [0.2, 0.25) is 5.02 Å². The average molecular weight is 310 g/mol. The third-order valence-corrected chi connectivity index (χ3v) is 3.07. The lowest BCUT2D eigenvalue weighted by Crippen LogP contribution is -2.07. The summed E-state index contributed by atoms with van der Waals surface area (Å²) in [5.74, 6) is 1.14. The first-order valence-electron chi connectivity index (χ1n) is 4.78. The molecule has 0 aliphatic heterocycles. The topological polar surface area (TPSA) is 38.7 Å². The smallest absolute Gasteiger partial charge is 0.175 e. The number of methoxy groups -OCH3 is 2. The Hall–Kier alpha value is -0.450. The Kier molecular flexibility index (Phi) is 4.89. The molecule has 1 atom stereocenters. The van der Waals surface area contributed by atoms with Crippen LogP contribution in [0.25, 0.3) is 0 Å². The Morgan fingerprint density at radius 2 is 1.94 bits per heavy atom. The highest BCUT2D eigenvalue weighted by Gasteiger charge is 2.18. The van der Waals surface area contributed by atoms with Crippen LogP contribution in [0, 0.1) is 0 Å². The summed E-state index contributed by atoms with van der Waals surface area (Å²) in [5, 5.41) is 9.96. The number of aliphatic hydroxyl groups is 1. The highest BCUT2D eigenvalue weighted by molar-refractivity contribution is 9.10. The number of benzene rings is 1. The minimum Gasteiger partial charge on any atom is -0.492 e. The molecule has 0 aliphatic carbocycles. The largest absolute Gasteiger partial charge is 0.492 e. The molecular formula is C11H14BrClO3. The van der Waals surface area contributed by atoms with Crippen LogP contribution < -0.4 is 9.47 Å². The van der Waals surface area contributed by atoms with Gasteiger partial charge in [-0.05, 0) is 28.9 Å². The Labute approximate surface area is 108 Å². The number of hydrogen-bond donors (Lipinski definition) is 1. The van der Waals surface area contributed by atoms with Crippen LogP contribution >= 0.6 is 27.5 Å². The highest BCUT2D eigenvalue weighted by Crippen LogP contribution is 2.42. The second-order valence-electron chi connectivity index (χ2n) is 3.44. The van der Waals surface area contributed by atoms with Crippen LogP contribution in [0.3, 0.4) is 0 Å². The molecule has 1 unspecified atom stereocenters. The van der Waals surface area contributed by atoms with Crippen LogP contribution in [0.5, 0.6) is 11.5 Å². The molecule has 0 spiro atoms. The fourth-order valence-corrected chi connectivity index (χ4v) is 2.48. The summed E-state index contributed by atoms with van der Waals surface area (Å²) in [6.45, 7) is 1.70. The van der Waals surface area contributed by atoms with Crippen molar-refractivity contribution in [2.45, 2.75) is 19.4 Å². The van der Waals surface area contributed by atoms with E-state index in [1.807, 2.05) is 0 Å². The molecule has 0 aromatic heterocycles. The number of rotatable bonds is 4. The summed E-state index contributed by atoms with van der Waals surface area (Å²) in [5.41, 5.74) is 0.749. The van der Waals surface area contributed by atoms with E-state index in [0.717, 1.165) is 10.0 Å². The lowest BCUT2D eigenvalue weighted by atomic mass is 10.1. The molecule has 1 aromatic rings. The highest BCUT2D eigenvalue weighted by atomic mass is 79.9. The molecule has 90 valence electrons. The van der Waals surface area contributed by atoms with Gasteiger partial charge >= 0.3 is 0 Å². The van der Waals surface area contributed by atoms with Crippen LogP contribution in [0.15, 0.2) is 10.5 Å². The molecular weight excluding hydrogens is 295 g/mol. The monoisotopic (exact) mass is 308 g/mol. The third-order valence-electron chi connectivity index (χ3n) is 2.15. The SMILES string of the molecule is COc1c(Br)cc(Cl)c(CC(C)O)c1OC. The number of aliphatic hydroxyl groups excluding tert-OH is 1. The molecule has 0 aliphatic rings. The quantitative estimate of drug-likeness (QED) is 0.929. The van der Waals surface area contributed by atoms with Crippen LogP contribution in [-0.4, -0.2) is 25.4 Å². The lowest BCUT2D eigenvalue weighted by Gasteiger charge is -2.16. The van der Waals surface area contributed by atoms with E-state index in [1.165, 1.54) is 0 Å². The molecule has 5 heteroatoms. The lowest BCUT2D eigenvalue weighted by molar-refractivity contribution is 0.194. The Morgan fingerprint density at radius 3 is 2.38 bits per heavy atom. The van der Waals surface area contributed by atoms with E-state index in [0.29, 0.717) is 22.9 Å². The molecule has 0 fully saturated rings. The maximum atomic E-state index is 9.42. The van der Waals surface area contributed by atoms with Gasteiger partial charge in [0.2, 0.25) is 0 Å². The van der Waals surface area contributed by atoms with Gasteiger partial charge in [-0.25, -0.2) is 0 Å². The zero-order valence-corrected chi connectivity index (χ0v) is 11.7. The molecule has 1 aromatic carbocycles. The number of hydrogen-bond acceptors (Lipinski definition) is 3. The third kappa shape index (κ3) is 2.81. The van der Waals surface area contributed by atoms with E-state index >= 15 is 0 Å². The van der Waals surface area contributed by atoms with E-state index in [2.05, 4.69) is 15.9 Å². The Bertz CT molecular complexity index is 380. The van der Waals surface area contributed by atoms with Gasteiger partial charge in [0, 0.05) is 17.0 Å². The molecule has 0 bridgehead atoms. The summed E-state index contributed by atoms with van der Waals surface area (Å²) < 4.78 is 11.2. The van der Waals surface area contributed by atoms with Gasteiger partial charge in [-0.15, -0.1) is 0 Å². The Balaban J connectivity index is 3.34. The number of halogens is 2. The van der Waals surface area contributed by atoms with Gasteiger partial charge in [0.1, 0.15) is 0 Å². The fourth-order valence-electron chi connectivity index (χ4n) is 1.51. The zero-order valence-electron chi connectivity index (χ0n) is 9.38. The first kappa shape index (κ1) is 13.6. The molecule has 0 heterocycles. The summed E-state index contributed by atoms with van der Waals surface area (Å²) >= 11 is 9.46. The molecule has 16 heavy (non-hydrogen) atoms. The van der Waals surface area contributed by atoms with E-state index in [-0.39, 0.29) is 0 Å². The summed E-state index contributed by atoms with van der Waals surface area (Å²) in [6.07, 6.45) is -0.0664. The summed E-state index contributed by atoms with van der Waals surface area (Å²) in [6, 6.07) is 1.74. The van der Waals surface area contributed by atoms with E-state index < -0.39 is 6.10 Å². The van der Waals surface area contributed by atoms with E-state index in [4.69, 9.17) is 21.1 Å². The maximum Gasteiger partial charge on any atom is 0.175 e. The van der Waals surface area contributed by atoms with Crippen molar-refractivity contribution in [3.05, 3.63) is 21.1 Å². The van der Waals surface area contributed by atoms with E-state index in [9.17, 15) is 5.11 Å². The van der Waals surface area contributed by atoms with Gasteiger partial charge < -0.3 is 14.6 Å². The molecule has 1 N–H and O–H groups in total. The molecule has 0 saturated carbocycles. The zero-order chi connectivity index (χ0) is 12.3. The molecule has 3 nitrogen and oxygen atoms in total. The normalized spacial score (nSPS) is 12.4. The van der Waals surface area contributed by atoms with Gasteiger partial charge in [0.15, 0.2) is 11.5 Å². The van der Waals surface area contributed by atoms with Crippen LogP contribution in [0.4, 0.5) is 0 Å². The molecule has 0 saturated heterocycles. The Morgan fingerprint density at radius 1 is 1.38 bits per heavy atom. The van der Waals surface area contributed by atoms with Crippen molar-refractivity contribution < 1.29 is 14.6 Å². The minimum absolute atomic E-state index is 0.422. The summed E-state index contributed by atoms with van der Waals surface area (Å²) in [7, 11) is 3.11. The molecule has 0 amide bonds. The van der Waals surface area contributed by atoms with Crippen molar-refractivity contribution in [1.82, 2.24) is 0 Å². The van der Waals surface area contributed by atoms with Gasteiger partial charge in [-0.1, -0.05) is 11.6 Å². The van der Waals surface area contributed by atoms with Crippen molar-refractivity contribution in [2.75, 3.05) is 14.2 Å². The predicted molar refractivity (Wildman–Crippen MR) is 67.6 cm³/mol. The first-order chi connectivity index (χ1) is 7.51. The van der Waals surface area contributed by atoms with Crippen molar-refractivity contribution in [3.63, 3.8) is 0 Å². The van der Waals surface area contributed by atoms with Gasteiger partial charge in [-0.3, -0.25) is 0 Å². The van der Waals surface area contributed by atoms with Crippen LogP contribution in [0.1, 0.15) is 12.5 Å². The van der Waals surface area contributed by atoms with Gasteiger partial charge in [0.05, 0.1) is 24.8 Å². The average Bonchev–Trinajstić information content (AvgIpc) is 2.20. The molecule has 0 radical (unpaired) electrons. The predicted octanol–water partition coefficient (Wildman–Crippen LogP) is 3.04. The van der Waals surface area contributed by atoms with Gasteiger partial charge in [-0.2, -0.15) is 0 Å². The second kappa shape index (κ2) is 5.75.